The molecule has 3 unspecified atom stereocenters. The highest BCUT2D eigenvalue weighted by Gasteiger charge is 2.31. The van der Waals surface area contributed by atoms with Gasteiger partial charge in [-0.15, -0.1) is 0 Å². The van der Waals surface area contributed by atoms with E-state index in [4.69, 9.17) is 0 Å². The number of aliphatic hydroxyl groups is 1. The molecule has 8 nitrogen and oxygen atoms in total. The molecule has 0 aliphatic carbocycles. The minimum Gasteiger partial charge on any atom is -0.393 e. The topological polar surface area (TPSA) is 105 Å². The number of carbonyl (C=O) groups is 1. The SMILES string of the molecule is CC1CC(NC(=O)C(C)N2CCC(O)CC2)CN(c2ccc(C#N)c3nccnc23)C1. The summed E-state index contributed by atoms with van der Waals surface area (Å²) in [6.45, 7) is 7.19. The number of piperidine rings is 2. The number of aromatic nitrogens is 2. The van der Waals surface area contributed by atoms with Crippen molar-refractivity contribution < 1.29 is 9.90 Å². The molecule has 2 aromatic rings. The van der Waals surface area contributed by atoms with Gasteiger partial charge in [-0.2, -0.15) is 5.26 Å². The number of rotatable bonds is 4. The number of nitrogens with one attached hydrogen (secondary N) is 1. The van der Waals surface area contributed by atoms with Crippen molar-refractivity contribution in [3.8, 4) is 6.07 Å². The zero-order chi connectivity index (χ0) is 22.0. The van der Waals surface area contributed by atoms with Crippen molar-refractivity contribution in [3.63, 3.8) is 0 Å². The maximum atomic E-state index is 12.9. The molecule has 164 valence electrons. The number of amides is 1. The quantitative estimate of drug-likeness (QED) is 0.772. The van der Waals surface area contributed by atoms with E-state index < -0.39 is 0 Å². The molecular formula is C23H30N6O2. The fraction of sp³-hybridized carbons (Fsp3) is 0.565. The minimum absolute atomic E-state index is 0.0384. The normalized spacial score (nSPS) is 24.0. The molecule has 0 radical (unpaired) electrons. The van der Waals surface area contributed by atoms with E-state index in [1.54, 1.807) is 18.5 Å². The molecule has 8 heteroatoms. The highest BCUT2D eigenvalue weighted by Crippen LogP contribution is 2.30. The van der Waals surface area contributed by atoms with Crippen LogP contribution < -0.4 is 10.2 Å². The molecule has 0 spiro atoms. The van der Waals surface area contributed by atoms with Crippen molar-refractivity contribution in [2.45, 2.75) is 51.3 Å². The van der Waals surface area contributed by atoms with Gasteiger partial charge >= 0.3 is 0 Å². The van der Waals surface area contributed by atoms with Crippen LogP contribution in [-0.4, -0.2) is 70.2 Å². The zero-order valence-electron chi connectivity index (χ0n) is 18.2. The van der Waals surface area contributed by atoms with Crippen LogP contribution in [-0.2, 0) is 4.79 Å². The molecule has 3 heterocycles. The first-order chi connectivity index (χ1) is 15.0. The van der Waals surface area contributed by atoms with Crippen LogP contribution in [0.1, 0.15) is 38.7 Å². The second-order valence-electron chi connectivity index (χ2n) is 8.89. The summed E-state index contributed by atoms with van der Waals surface area (Å²) in [6.07, 6.45) is 5.38. The van der Waals surface area contributed by atoms with E-state index in [1.165, 1.54) is 0 Å². The van der Waals surface area contributed by atoms with Gasteiger partial charge in [-0.3, -0.25) is 19.7 Å². The summed E-state index contributed by atoms with van der Waals surface area (Å²) in [5.74, 6) is 0.446. The predicted octanol–water partition coefficient (Wildman–Crippen LogP) is 1.68. The monoisotopic (exact) mass is 422 g/mol. The van der Waals surface area contributed by atoms with Crippen LogP contribution in [0.25, 0.3) is 11.0 Å². The lowest BCUT2D eigenvalue weighted by atomic mass is 9.94. The number of fused-ring (bicyclic) bond motifs is 1. The molecule has 1 aromatic carbocycles. The van der Waals surface area contributed by atoms with Crippen LogP contribution in [0.15, 0.2) is 24.5 Å². The largest absolute Gasteiger partial charge is 0.393 e. The summed E-state index contributed by atoms with van der Waals surface area (Å²) in [7, 11) is 0. The number of carbonyl (C=O) groups excluding carboxylic acids is 1. The molecule has 3 atom stereocenters. The molecule has 1 aromatic heterocycles. The zero-order valence-corrected chi connectivity index (χ0v) is 18.2. The van der Waals surface area contributed by atoms with Crippen molar-refractivity contribution in [3.05, 3.63) is 30.1 Å². The van der Waals surface area contributed by atoms with Crippen LogP contribution >= 0.6 is 0 Å². The number of hydrogen-bond acceptors (Lipinski definition) is 7. The first-order valence-electron chi connectivity index (χ1n) is 11.1. The van der Waals surface area contributed by atoms with Crippen molar-refractivity contribution in [1.82, 2.24) is 20.2 Å². The molecule has 2 aliphatic heterocycles. The Bertz CT molecular complexity index is 982. The van der Waals surface area contributed by atoms with Gasteiger partial charge in [0.05, 0.1) is 23.4 Å². The minimum atomic E-state index is -0.246. The number of aliphatic hydroxyl groups excluding tert-OH is 1. The fourth-order valence-corrected chi connectivity index (χ4v) is 4.80. The first-order valence-corrected chi connectivity index (χ1v) is 11.1. The Morgan fingerprint density at radius 2 is 1.94 bits per heavy atom. The number of anilines is 1. The van der Waals surface area contributed by atoms with Gasteiger partial charge in [-0.05, 0) is 44.2 Å². The van der Waals surface area contributed by atoms with Crippen molar-refractivity contribution in [2.75, 3.05) is 31.1 Å². The average molecular weight is 423 g/mol. The summed E-state index contributed by atoms with van der Waals surface area (Å²) in [5, 5.41) is 22.4. The Balaban J connectivity index is 1.48. The smallest absolute Gasteiger partial charge is 0.237 e. The van der Waals surface area contributed by atoms with Gasteiger partial charge < -0.3 is 15.3 Å². The van der Waals surface area contributed by atoms with Gasteiger partial charge in [0.15, 0.2) is 0 Å². The van der Waals surface area contributed by atoms with E-state index in [0.29, 0.717) is 23.5 Å². The number of nitriles is 1. The Hall–Kier alpha value is -2.76. The van der Waals surface area contributed by atoms with Gasteiger partial charge in [0.2, 0.25) is 5.91 Å². The lowest BCUT2D eigenvalue weighted by molar-refractivity contribution is -0.127. The van der Waals surface area contributed by atoms with Gasteiger partial charge in [0.1, 0.15) is 17.1 Å². The van der Waals surface area contributed by atoms with Crippen LogP contribution in [0.5, 0.6) is 0 Å². The maximum absolute atomic E-state index is 12.9. The summed E-state index contributed by atoms with van der Waals surface area (Å²) < 4.78 is 0. The highest BCUT2D eigenvalue weighted by atomic mass is 16.3. The third-order valence-corrected chi connectivity index (χ3v) is 6.50. The van der Waals surface area contributed by atoms with Gasteiger partial charge in [0.25, 0.3) is 0 Å². The molecule has 1 amide bonds. The summed E-state index contributed by atoms with van der Waals surface area (Å²) in [5.41, 5.74) is 2.80. The lowest BCUT2D eigenvalue weighted by Gasteiger charge is -2.40. The number of likely N-dealkylation sites (tertiary alicyclic amines) is 1. The van der Waals surface area contributed by atoms with Crippen molar-refractivity contribution in [2.24, 2.45) is 5.92 Å². The summed E-state index contributed by atoms with van der Waals surface area (Å²) >= 11 is 0. The number of hydrogen-bond donors (Lipinski definition) is 2. The summed E-state index contributed by atoms with van der Waals surface area (Å²) in [6, 6.07) is 5.76. The Kier molecular flexibility index (Phi) is 6.35. The lowest BCUT2D eigenvalue weighted by Crippen LogP contribution is -2.55. The van der Waals surface area contributed by atoms with Crippen LogP contribution in [0.4, 0.5) is 5.69 Å². The Morgan fingerprint density at radius 3 is 2.65 bits per heavy atom. The van der Waals surface area contributed by atoms with Crippen molar-refractivity contribution >= 4 is 22.6 Å². The standard InChI is InChI=1S/C23H30N6O2/c1-15-11-18(27-23(31)16(2)28-9-5-19(30)6-10-28)14-29(13-15)20-4-3-17(12-24)21-22(20)26-8-7-25-21/h3-4,7-8,15-16,18-19,30H,5-6,9-11,13-14H2,1-2H3,(H,27,31). The fourth-order valence-electron chi connectivity index (χ4n) is 4.80. The van der Waals surface area contributed by atoms with Crippen LogP contribution in [0.3, 0.4) is 0 Å². The van der Waals surface area contributed by atoms with Gasteiger partial charge in [-0.25, -0.2) is 0 Å². The molecular weight excluding hydrogens is 392 g/mol. The van der Waals surface area contributed by atoms with Crippen LogP contribution in [0.2, 0.25) is 0 Å². The van der Waals surface area contributed by atoms with Crippen LogP contribution in [0, 0.1) is 17.2 Å². The molecule has 4 rings (SSSR count). The second kappa shape index (κ2) is 9.16. The van der Waals surface area contributed by atoms with E-state index in [2.05, 4.69) is 38.1 Å². The molecule has 2 N–H and O–H groups in total. The van der Waals surface area contributed by atoms with Gasteiger partial charge in [0, 0.05) is 44.6 Å². The van der Waals surface area contributed by atoms with E-state index in [1.807, 2.05) is 13.0 Å². The molecule has 2 aliphatic rings. The predicted molar refractivity (Wildman–Crippen MR) is 118 cm³/mol. The third kappa shape index (κ3) is 4.63. The highest BCUT2D eigenvalue weighted by molar-refractivity contribution is 5.92. The molecule has 2 fully saturated rings. The molecule has 2 saturated heterocycles. The molecule has 0 bridgehead atoms. The number of nitrogens with zero attached hydrogens (tertiary/aromatic N) is 5. The maximum Gasteiger partial charge on any atom is 0.237 e. The van der Waals surface area contributed by atoms with E-state index in [-0.39, 0.29) is 24.1 Å². The van der Waals surface area contributed by atoms with Crippen molar-refractivity contribution in [1.29, 1.82) is 5.26 Å². The third-order valence-electron chi connectivity index (χ3n) is 6.50. The second-order valence-corrected chi connectivity index (χ2v) is 8.89. The van der Waals surface area contributed by atoms with E-state index in [0.717, 1.165) is 50.1 Å². The number of benzene rings is 1. The van der Waals surface area contributed by atoms with Gasteiger partial charge in [-0.1, -0.05) is 6.92 Å². The Labute approximate surface area is 182 Å². The Morgan fingerprint density at radius 1 is 1.23 bits per heavy atom. The summed E-state index contributed by atoms with van der Waals surface area (Å²) in [4.78, 5) is 26.2. The van der Waals surface area contributed by atoms with E-state index in [9.17, 15) is 15.2 Å². The molecule has 31 heavy (non-hydrogen) atoms. The molecule has 0 saturated carbocycles. The van der Waals surface area contributed by atoms with E-state index >= 15 is 0 Å². The average Bonchev–Trinajstić information content (AvgIpc) is 2.78. The first kappa shape index (κ1) is 21.5.